The van der Waals surface area contributed by atoms with Crippen LogP contribution < -0.4 is 5.32 Å². The summed E-state index contributed by atoms with van der Waals surface area (Å²) in [6, 6.07) is 0. The molecule has 1 saturated heterocycles. The van der Waals surface area contributed by atoms with Gasteiger partial charge >= 0.3 is 6.18 Å². The van der Waals surface area contributed by atoms with Crippen LogP contribution in [0.3, 0.4) is 0 Å². The molecular weight excluding hydrogens is 277 g/mol. The van der Waals surface area contributed by atoms with E-state index >= 15 is 0 Å². The highest BCUT2D eigenvalue weighted by Crippen LogP contribution is 2.32. The molecule has 0 radical (unpaired) electrons. The molecule has 2 unspecified atom stereocenters. The Balaban J connectivity index is 1.77. The summed E-state index contributed by atoms with van der Waals surface area (Å²) < 4.78 is 36.3. The van der Waals surface area contributed by atoms with Crippen molar-refractivity contribution in [1.82, 2.24) is 10.2 Å². The van der Waals surface area contributed by atoms with Crippen molar-refractivity contribution in [1.29, 1.82) is 0 Å². The maximum atomic E-state index is 12.1. The monoisotopic (exact) mass is 294 g/mol. The van der Waals surface area contributed by atoms with E-state index in [1.165, 1.54) is 0 Å². The lowest BCUT2D eigenvalue weighted by molar-refractivity contribution is -0.202. The summed E-state index contributed by atoms with van der Waals surface area (Å²) in [6.07, 6.45) is -5.14. The van der Waals surface area contributed by atoms with Crippen LogP contribution in [0.2, 0.25) is 0 Å². The summed E-state index contributed by atoms with van der Waals surface area (Å²) in [5, 5.41) is 10.8. The van der Waals surface area contributed by atoms with Crippen LogP contribution in [-0.4, -0.2) is 53.7 Å². The minimum atomic E-state index is -4.75. The summed E-state index contributed by atoms with van der Waals surface area (Å²) in [5.41, 5.74) is 0. The highest BCUT2D eigenvalue weighted by molar-refractivity contribution is 5.89. The maximum absolute atomic E-state index is 12.1. The zero-order chi connectivity index (χ0) is 14.9. The van der Waals surface area contributed by atoms with E-state index in [1.54, 1.807) is 4.90 Å². The molecule has 2 amide bonds. The number of likely N-dealkylation sites (tertiary alicyclic amines) is 1. The Bertz CT molecular complexity index is 396. The van der Waals surface area contributed by atoms with Crippen molar-refractivity contribution >= 4 is 11.8 Å². The first-order valence-corrected chi connectivity index (χ1v) is 6.57. The van der Waals surface area contributed by atoms with Gasteiger partial charge in [0, 0.05) is 19.5 Å². The quantitative estimate of drug-likeness (QED) is 0.765. The van der Waals surface area contributed by atoms with E-state index < -0.39 is 30.7 Å². The molecule has 2 N–H and O–H groups in total. The standard InChI is InChI=1S/C12H17F3N2O3/c13-12(14,15)9(18)4-16-11(20)8-3-10(19)17(6-8)5-7-1-2-7/h7-9,18H,1-6H2,(H,16,20). The normalized spacial score (nSPS) is 24.9. The molecule has 1 saturated carbocycles. The van der Waals surface area contributed by atoms with Crippen molar-refractivity contribution in [3.63, 3.8) is 0 Å². The molecule has 2 fully saturated rings. The second-order valence-corrected chi connectivity index (χ2v) is 5.45. The Morgan fingerprint density at radius 3 is 2.65 bits per heavy atom. The van der Waals surface area contributed by atoms with Gasteiger partial charge in [0.05, 0.1) is 12.5 Å². The molecular formula is C12H17F3N2O3. The van der Waals surface area contributed by atoms with Gasteiger partial charge in [0.1, 0.15) is 0 Å². The number of halogens is 3. The summed E-state index contributed by atoms with van der Waals surface area (Å²) in [4.78, 5) is 25.0. The molecule has 0 aromatic heterocycles. The fraction of sp³-hybridized carbons (Fsp3) is 0.833. The highest BCUT2D eigenvalue weighted by atomic mass is 19.4. The first kappa shape index (κ1) is 15.1. The van der Waals surface area contributed by atoms with E-state index in [-0.39, 0.29) is 18.9 Å². The zero-order valence-electron chi connectivity index (χ0n) is 10.8. The second kappa shape index (κ2) is 5.59. The lowest BCUT2D eigenvalue weighted by atomic mass is 10.1. The first-order chi connectivity index (χ1) is 9.27. The van der Waals surface area contributed by atoms with Gasteiger partial charge in [-0.15, -0.1) is 0 Å². The third-order valence-electron chi connectivity index (χ3n) is 3.61. The topological polar surface area (TPSA) is 69.6 Å². The van der Waals surface area contributed by atoms with E-state index in [1.807, 2.05) is 0 Å². The molecule has 20 heavy (non-hydrogen) atoms. The molecule has 1 aliphatic carbocycles. The minimum absolute atomic E-state index is 0.0284. The number of nitrogens with one attached hydrogen (secondary N) is 1. The molecule has 0 aromatic carbocycles. The predicted octanol–water partition coefficient (Wildman–Crippen LogP) is 0.284. The lowest BCUT2D eigenvalue weighted by Crippen LogP contribution is -2.43. The van der Waals surface area contributed by atoms with E-state index in [0.717, 1.165) is 12.8 Å². The van der Waals surface area contributed by atoms with Gasteiger partial charge in [0.25, 0.3) is 0 Å². The van der Waals surface area contributed by atoms with Crippen molar-refractivity contribution < 1.29 is 27.9 Å². The van der Waals surface area contributed by atoms with Crippen LogP contribution in [0.5, 0.6) is 0 Å². The summed E-state index contributed by atoms with van der Waals surface area (Å²) >= 11 is 0. The van der Waals surface area contributed by atoms with Crippen LogP contribution in [0.15, 0.2) is 0 Å². The molecule has 1 heterocycles. The van der Waals surface area contributed by atoms with Gasteiger partial charge < -0.3 is 15.3 Å². The zero-order valence-corrected chi connectivity index (χ0v) is 10.8. The Labute approximate surface area is 114 Å². The SMILES string of the molecule is O=C(NCC(O)C(F)(F)F)C1CC(=O)N(CC2CC2)C1. The van der Waals surface area contributed by atoms with Crippen molar-refractivity contribution in [2.24, 2.45) is 11.8 Å². The molecule has 0 bridgehead atoms. The average Bonchev–Trinajstić information content (AvgIpc) is 3.08. The molecule has 0 spiro atoms. The van der Waals surface area contributed by atoms with Crippen LogP contribution in [0.1, 0.15) is 19.3 Å². The Morgan fingerprint density at radius 1 is 1.45 bits per heavy atom. The molecule has 2 rings (SSSR count). The molecule has 2 atom stereocenters. The van der Waals surface area contributed by atoms with Gasteiger partial charge in [-0.2, -0.15) is 13.2 Å². The van der Waals surface area contributed by atoms with Crippen LogP contribution in [0.25, 0.3) is 0 Å². The number of hydrogen-bond acceptors (Lipinski definition) is 3. The minimum Gasteiger partial charge on any atom is -0.382 e. The first-order valence-electron chi connectivity index (χ1n) is 6.57. The largest absolute Gasteiger partial charge is 0.416 e. The molecule has 114 valence electrons. The number of aliphatic hydroxyl groups excluding tert-OH is 1. The fourth-order valence-electron chi connectivity index (χ4n) is 2.19. The van der Waals surface area contributed by atoms with Gasteiger partial charge in [-0.1, -0.05) is 0 Å². The average molecular weight is 294 g/mol. The summed E-state index contributed by atoms with van der Waals surface area (Å²) in [5.74, 6) is -0.858. The van der Waals surface area contributed by atoms with Crippen molar-refractivity contribution in [2.45, 2.75) is 31.5 Å². The van der Waals surface area contributed by atoms with Crippen LogP contribution in [0, 0.1) is 11.8 Å². The number of carbonyl (C=O) groups is 2. The number of hydrogen-bond donors (Lipinski definition) is 2. The van der Waals surface area contributed by atoms with Crippen molar-refractivity contribution in [3.8, 4) is 0 Å². The number of amides is 2. The van der Waals surface area contributed by atoms with Gasteiger partial charge in [-0.05, 0) is 18.8 Å². The highest BCUT2D eigenvalue weighted by Gasteiger charge is 2.40. The van der Waals surface area contributed by atoms with E-state index in [0.29, 0.717) is 12.5 Å². The Kier molecular flexibility index (Phi) is 4.22. The predicted molar refractivity (Wildman–Crippen MR) is 62.5 cm³/mol. The van der Waals surface area contributed by atoms with Crippen LogP contribution >= 0.6 is 0 Å². The van der Waals surface area contributed by atoms with Crippen LogP contribution in [0.4, 0.5) is 13.2 Å². The van der Waals surface area contributed by atoms with E-state index in [9.17, 15) is 22.8 Å². The molecule has 0 aromatic rings. The smallest absolute Gasteiger partial charge is 0.382 e. The molecule has 5 nitrogen and oxygen atoms in total. The van der Waals surface area contributed by atoms with E-state index in [4.69, 9.17) is 5.11 Å². The van der Waals surface area contributed by atoms with Gasteiger partial charge in [-0.3, -0.25) is 9.59 Å². The van der Waals surface area contributed by atoms with Gasteiger partial charge in [-0.25, -0.2) is 0 Å². The van der Waals surface area contributed by atoms with Gasteiger partial charge in [0.2, 0.25) is 11.8 Å². The number of aliphatic hydroxyl groups is 1. The van der Waals surface area contributed by atoms with Crippen LogP contribution in [-0.2, 0) is 9.59 Å². The Hall–Kier alpha value is -1.31. The maximum Gasteiger partial charge on any atom is 0.416 e. The second-order valence-electron chi connectivity index (χ2n) is 5.45. The van der Waals surface area contributed by atoms with Gasteiger partial charge in [0.15, 0.2) is 6.10 Å². The number of alkyl halides is 3. The lowest BCUT2D eigenvalue weighted by Gasteiger charge is -2.18. The number of rotatable bonds is 5. The summed E-state index contributed by atoms with van der Waals surface area (Å²) in [7, 11) is 0. The van der Waals surface area contributed by atoms with Crippen molar-refractivity contribution in [2.75, 3.05) is 19.6 Å². The Morgan fingerprint density at radius 2 is 2.10 bits per heavy atom. The molecule has 8 heteroatoms. The van der Waals surface area contributed by atoms with Crippen molar-refractivity contribution in [3.05, 3.63) is 0 Å². The molecule has 1 aliphatic heterocycles. The third-order valence-corrected chi connectivity index (χ3v) is 3.61. The number of nitrogens with zero attached hydrogens (tertiary/aromatic N) is 1. The third kappa shape index (κ3) is 3.84. The molecule has 2 aliphatic rings. The fourth-order valence-corrected chi connectivity index (χ4v) is 2.19. The summed E-state index contributed by atoms with van der Waals surface area (Å²) in [6.45, 7) is 0.00666. The number of carbonyl (C=O) groups excluding carboxylic acids is 2. The van der Waals surface area contributed by atoms with E-state index in [2.05, 4.69) is 5.32 Å².